The summed E-state index contributed by atoms with van der Waals surface area (Å²) in [5.41, 5.74) is 5.64. The first-order chi connectivity index (χ1) is 7.50. The van der Waals surface area contributed by atoms with Crippen LogP contribution in [0.1, 0.15) is 20.8 Å². The van der Waals surface area contributed by atoms with Crippen LogP contribution in [-0.2, 0) is 0 Å². The molecule has 0 atom stereocenters. The molecule has 0 aliphatic heterocycles. The highest BCUT2D eigenvalue weighted by Gasteiger charge is 2.21. The van der Waals surface area contributed by atoms with Crippen LogP contribution < -0.4 is 10.6 Å². The van der Waals surface area contributed by atoms with E-state index in [9.17, 15) is 4.39 Å². The van der Waals surface area contributed by atoms with Crippen molar-refractivity contribution in [2.75, 3.05) is 24.5 Å². The molecule has 0 radical (unpaired) electrons. The average Bonchev–Trinajstić information content (AvgIpc) is 2.27. The molecule has 0 saturated heterocycles. The lowest BCUT2D eigenvalue weighted by Gasteiger charge is -2.31. The number of rotatable bonds is 5. The highest BCUT2D eigenvalue weighted by molar-refractivity contribution is 5.39. The molecule has 0 fully saturated rings. The van der Waals surface area contributed by atoms with Gasteiger partial charge in [0.15, 0.2) is 11.6 Å². The minimum absolute atomic E-state index is 0.0417. The van der Waals surface area contributed by atoms with Crippen LogP contribution in [0, 0.1) is 11.2 Å². The number of nitrogens with zero attached hydrogens (tertiary/aromatic N) is 2. The zero-order valence-corrected chi connectivity index (χ0v) is 10.2. The maximum absolute atomic E-state index is 13.6. The van der Waals surface area contributed by atoms with Gasteiger partial charge < -0.3 is 10.6 Å². The second-order valence-corrected chi connectivity index (χ2v) is 4.69. The lowest BCUT2D eigenvalue weighted by Crippen LogP contribution is -2.39. The lowest BCUT2D eigenvalue weighted by molar-refractivity contribution is 0.377. The minimum Gasteiger partial charge on any atom is -0.354 e. The normalized spacial score (nSPS) is 11.6. The van der Waals surface area contributed by atoms with Gasteiger partial charge in [-0.25, -0.2) is 9.37 Å². The van der Waals surface area contributed by atoms with Crippen LogP contribution in [0.15, 0.2) is 18.3 Å². The molecule has 0 unspecified atom stereocenters. The van der Waals surface area contributed by atoms with E-state index in [2.05, 4.69) is 18.8 Å². The molecule has 1 aromatic heterocycles. The first-order valence-electron chi connectivity index (χ1n) is 5.55. The van der Waals surface area contributed by atoms with Crippen molar-refractivity contribution in [1.82, 2.24) is 4.98 Å². The average molecular weight is 225 g/mol. The molecule has 4 heteroatoms. The molecule has 1 aromatic rings. The highest BCUT2D eigenvalue weighted by atomic mass is 19.1. The highest BCUT2D eigenvalue weighted by Crippen LogP contribution is 2.21. The van der Waals surface area contributed by atoms with Gasteiger partial charge in [0.2, 0.25) is 0 Å². The van der Waals surface area contributed by atoms with Crippen molar-refractivity contribution in [2.45, 2.75) is 20.8 Å². The van der Waals surface area contributed by atoms with Crippen molar-refractivity contribution in [3.05, 3.63) is 24.1 Å². The Kier molecular flexibility index (Phi) is 4.24. The molecular weight excluding hydrogens is 205 g/mol. The Morgan fingerprint density at radius 3 is 2.69 bits per heavy atom. The number of aromatic nitrogens is 1. The van der Waals surface area contributed by atoms with Crippen LogP contribution in [-0.4, -0.2) is 24.6 Å². The number of nitrogens with two attached hydrogens (primary N) is 1. The van der Waals surface area contributed by atoms with Gasteiger partial charge >= 0.3 is 0 Å². The smallest absolute Gasteiger partial charge is 0.165 e. The summed E-state index contributed by atoms with van der Waals surface area (Å²) in [6.45, 7) is 8.11. The molecule has 3 nitrogen and oxygen atoms in total. The molecule has 0 amide bonds. The summed E-state index contributed by atoms with van der Waals surface area (Å²) < 4.78 is 13.6. The van der Waals surface area contributed by atoms with Gasteiger partial charge in [-0.1, -0.05) is 13.8 Å². The quantitative estimate of drug-likeness (QED) is 0.833. The van der Waals surface area contributed by atoms with Crippen molar-refractivity contribution in [3.63, 3.8) is 0 Å². The molecule has 0 aromatic carbocycles. The summed E-state index contributed by atoms with van der Waals surface area (Å²) >= 11 is 0. The molecule has 2 N–H and O–H groups in total. The molecule has 1 rings (SSSR count). The Bertz CT molecular complexity index is 339. The van der Waals surface area contributed by atoms with Crippen LogP contribution in [0.5, 0.6) is 0 Å². The topological polar surface area (TPSA) is 42.1 Å². The van der Waals surface area contributed by atoms with Crippen LogP contribution in [0.25, 0.3) is 0 Å². The van der Waals surface area contributed by atoms with E-state index in [0.29, 0.717) is 18.9 Å². The van der Waals surface area contributed by atoms with E-state index in [1.807, 2.05) is 11.8 Å². The predicted octanol–water partition coefficient (Wildman–Crippen LogP) is 2.03. The molecule has 90 valence electrons. The molecule has 0 bridgehead atoms. The number of pyridine rings is 1. The third-order valence-corrected chi connectivity index (χ3v) is 2.59. The fourth-order valence-electron chi connectivity index (χ4n) is 1.53. The van der Waals surface area contributed by atoms with Crippen molar-refractivity contribution in [2.24, 2.45) is 11.1 Å². The molecule has 16 heavy (non-hydrogen) atoms. The van der Waals surface area contributed by atoms with Gasteiger partial charge in [-0.05, 0) is 31.0 Å². The van der Waals surface area contributed by atoms with E-state index in [4.69, 9.17) is 5.73 Å². The van der Waals surface area contributed by atoms with Gasteiger partial charge in [-0.15, -0.1) is 0 Å². The van der Waals surface area contributed by atoms with E-state index in [-0.39, 0.29) is 11.2 Å². The Balaban J connectivity index is 2.87. The van der Waals surface area contributed by atoms with Crippen molar-refractivity contribution >= 4 is 5.82 Å². The summed E-state index contributed by atoms with van der Waals surface area (Å²) in [5.74, 6) is 0.128. The van der Waals surface area contributed by atoms with E-state index in [1.165, 1.54) is 6.07 Å². The van der Waals surface area contributed by atoms with Crippen LogP contribution in [0.4, 0.5) is 10.2 Å². The van der Waals surface area contributed by atoms with E-state index >= 15 is 0 Å². The van der Waals surface area contributed by atoms with Crippen LogP contribution in [0.3, 0.4) is 0 Å². The summed E-state index contributed by atoms with van der Waals surface area (Å²) in [5, 5.41) is 0. The fraction of sp³-hybridized carbons (Fsp3) is 0.583. The van der Waals surface area contributed by atoms with Gasteiger partial charge in [0.05, 0.1) is 0 Å². The van der Waals surface area contributed by atoms with Crippen LogP contribution >= 0.6 is 0 Å². The summed E-state index contributed by atoms with van der Waals surface area (Å²) in [6, 6.07) is 3.03. The van der Waals surface area contributed by atoms with Crippen LogP contribution in [0.2, 0.25) is 0 Å². The van der Waals surface area contributed by atoms with Crippen molar-refractivity contribution < 1.29 is 4.39 Å². The predicted molar refractivity (Wildman–Crippen MR) is 64.9 cm³/mol. The summed E-state index contributed by atoms with van der Waals surface area (Å²) in [6.07, 6.45) is 1.61. The van der Waals surface area contributed by atoms with Gasteiger partial charge in [-0.3, -0.25) is 0 Å². The number of hydrogen-bond acceptors (Lipinski definition) is 3. The number of halogens is 1. The minimum atomic E-state index is -0.280. The Morgan fingerprint density at radius 2 is 2.19 bits per heavy atom. The summed E-state index contributed by atoms with van der Waals surface area (Å²) in [4.78, 5) is 6.00. The van der Waals surface area contributed by atoms with E-state index < -0.39 is 0 Å². The second-order valence-electron chi connectivity index (χ2n) is 4.69. The fourth-order valence-corrected chi connectivity index (χ4v) is 1.53. The third-order valence-electron chi connectivity index (χ3n) is 2.59. The third kappa shape index (κ3) is 3.17. The Morgan fingerprint density at radius 1 is 1.50 bits per heavy atom. The standard InChI is InChI=1S/C12H20FN3/c1-4-16(9-12(2,3)8-14)11-10(13)6-5-7-15-11/h5-7H,4,8-9,14H2,1-3H3. The van der Waals surface area contributed by atoms with Gasteiger partial charge in [0, 0.05) is 19.3 Å². The number of anilines is 1. The van der Waals surface area contributed by atoms with E-state index in [0.717, 1.165) is 6.54 Å². The van der Waals surface area contributed by atoms with Crippen molar-refractivity contribution in [3.8, 4) is 0 Å². The zero-order chi connectivity index (χ0) is 12.2. The Hall–Kier alpha value is -1.16. The molecular formula is C12H20FN3. The van der Waals surface area contributed by atoms with E-state index in [1.54, 1.807) is 12.3 Å². The zero-order valence-electron chi connectivity index (χ0n) is 10.2. The summed E-state index contributed by atoms with van der Waals surface area (Å²) in [7, 11) is 0. The van der Waals surface area contributed by atoms with Gasteiger partial charge in [0.1, 0.15) is 0 Å². The number of hydrogen-bond donors (Lipinski definition) is 1. The molecule has 0 aliphatic carbocycles. The first-order valence-corrected chi connectivity index (χ1v) is 5.55. The van der Waals surface area contributed by atoms with Gasteiger partial charge in [0.25, 0.3) is 0 Å². The Labute approximate surface area is 96.5 Å². The molecule has 0 spiro atoms. The second kappa shape index (κ2) is 5.25. The maximum Gasteiger partial charge on any atom is 0.165 e. The monoisotopic (exact) mass is 225 g/mol. The van der Waals surface area contributed by atoms with Crippen molar-refractivity contribution in [1.29, 1.82) is 0 Å². The SMILES string of the molecule is CCN(CC(C)(C)CN)c1ncccc1F. The van der Waals surface area contributed by atoms with Gasteiger partial charge in [-0.2, -0.15) is 0 Å². The molecule has 0 saturated carbocycles. The first kappa shape index (κ1) is 12.9. The maximum atomic E-state index is 13.6. The molecule has 1 heterocycles. The molecule has 0 aliphatic rings. The largest absolute Gasteiger partial charge is 0.354 e. The lowest BCUT2D eigenvalue weighted by atomic mass is 9.93.